The number of hydrogen-bond donors (Lipinski definition) is 1. The van der Waals surface area contributed by atoms with E-state index >= 15 is 0 Å². The molecule has 0 spiro atoms. The molecular weight excluding hydrogens is 256 g/mol. The zero-order valence-electron chi connectivity index (χ0n) is 9.48. The average molecular weight is 268 g/mol. The summed E-state index contributed by atoms with van der Waals surface area (Å²) >= 11 is 0. The van der Waals surface area contributed by atoms with Crippen molar-refractivity contribution in [3.63, 3.8) is 0 Å². The fourth-order valence-corrected chi connectivity index (χ4v) is 3.25. The highest BCUT2D eigenvalue weighted by molar-refractivity contribution is 7.93. The molecule has 1 aliphatic heterocycles. The monoisotopic (exact) mass is 268 g/mol. The van der Waals surface area contributed by atoms with Crippen LogP contribution < -0.4 is 4.31 Å². The molecule has 0 aromatic carbocycles. The molecule has 1 saturated heterocycles. The van der Waals surface area contributed by atoms with E-state index in [4.69, 9.17) is 5.11 Å². The van der Waals surface area contributed by atoms with Gasteiger partial charge in [0.25, 0.3) is 0 Å². The number of carbonyl (C=O) groups is 1. The first-order valence-electron chi connectivity index (χ1n) is 5.36. The Morgan fingerprint density at radius 1 is 1.50 bits per heavy atom. The van der Waals surface area contributed by atoms with Gasteiger partial charge in [-0.15, -0.1) is 0 Å². The van der Waals surface area contributed by atoms with Gasteiger partial charge < -0.3 is 5.11 Å². The van der Waals surface area contributed by atoms with Crippen molar-refractivity contribution in [3.05, 3.63) is 30.0 Å². The van der Waals surface area contributed by atoms with Crippen LogP contribution in [0.2, 0.25) is 0 Å². The smallest absolute Gasteiger partial charge is 0.328 e. The fraction of sp³-hybridized carbons (Fsp3) is 0.273. The van der Waals surface area contributed by atoms with Gasteiger partial charge in [0.2, 0.25) is 10.0 Å². The normalized spacial score (nSPS) is 18.3. The number of carboxylic acids is 1. The molecule has 0 bridgehead atoms. The summed E-state index contributed by atoms with van der Waals surface area (Å²) in [6.45, 7) is 0.418. The van der Waals surface area contributed by atoms with Gasteiger partial charge in [-0.05, 0) is 30.2 Å². The zero-order valence-corrected chi connectivity index (χ0v) is 10.3. The summed E-state index contributed by atoms with van der Waals surface area (Å²) in [6.07, 6.45) is 4.44. The minimum atomic E-state index is -3.26. The predicted octanol–water partition coefficient (Wildman–Crippen LogP) is 0.719. The van der Waals surface area contributed by atoms with Crippen LogP contribution in [0.5, 0.6) is 0 Å². The maximum absolute atomic E-state index is 11.7. The second-order valence-corrected chi connectivity index (χ2v) is 5.87. The highest BCUT2D eigenvalue weighted by Crippen LogP contribution is 2.22. The molecule has 0 aliphatic carbocycles. The van der Waals surface area contributed by atoms with E-state index in [1.807, 2.05) is 0 Å². The van der Waals surface area contributed by atoms with Crippen LogP contribution in [0.25, 0.3) is 6.08 Å². The summed E-state index contributed by atoms with van der Waals surface area (Å²) in [5.41, 5.74) is 0.601. The van der Waals surface area contributed by atoms with E-state index in [1.54, 1.807) is 12.1 Å². The summed E-state index contributed by atoms with van der Waals surface area (Å²) in [5.74, 6) is -0.591. The van der Waals surface area contributed by atoms with E-state index in [9.17, 15) is 13.2 Å². The number of hydrogen-bond acceptors (Lipinski definition) is 4. The predicted molar refractivity (Wildman–Crippen MR) is 66.7 cm³/mol. The number of rotatable bonds is 3. The molecule has 7 heteroatoms. The van der Waals surface area contributed by atoms with E-state index < -0.39 is 16.0 Å². The van der Waals surface area contributed by atoms with Crippen molar-refractivity contribution in [2.75, 3.05) is 16.6 Å². The molecule has 0 radical (unpaired) electrons. The number of aliphatic carboxylic acids is 1. The molecule has 96 valence electrons. The van der Waals surface area contributed by atoms with Gasteiger partial charge in [0, 0.05) is 18.8 Å². The van der Waals surface area contributed by atoms with Crippen LogP contribution >= 0.6 is 0 Å². The van der Waals surface area contributed by atoms with Crippen LogP contribution in [0.4, 0.5) is 5.82 Å². The molecule has 0 amide bonds. The Kier molecular flexibility index (Phi) is 3.33. The molecule has 2 rings (SSSR count). The molecule has 1 aromatic rings. The van der Waals surface area contributed by atoms with Crippen LogP contribution in [0.15, 0.2) is 24.4 Å². The molecule has 1 aromatic heterocycles. The van der Waals surface area contributed by atoms with Gasteiger partial charge in [0.05, 0.1) is 5.75 Å². The Bertz CT molecular complexity index is 595. The molecule has 0 saturated carbocycles. The standard InChI is InChI=1S/C11H12N2O4S/c14-11(15)3-2-9-4-5-12-10(8-9)13-6-1-7-18(13,16)17/h2-5,8H,1,6-7H2,(H,14,15)/b3-2+. The third-order valence-corrected chi connectivity index (χ3v) is 4.39. The average Bonchev–Trinajstić information content (AvgIpc) is 2.67. The van der Waals surface area contributed by atoms with Crippen molar-refractivity contribution in [2.24, 2.45) is 0 Å². The summed E-state index contributed by atoms with van der Waals surface area (Å²) in [4.78, 5) is 14.4. The van der Waals surface area contributed by atoms with Crippen LogP contribution in [0.1, 0.15) is 12.0 Å². The fourth-order valence-electron chi connectivity index (χ4n) is 1.74. The van der Waals surface area contributed by atoms with Gasteiger partial charge in [-0.1, -0.05) is 0 Å². The number of sulfonamides is 1. The van der Waals surface area contributed by atoms with Crippen molar-refractivity contribution in [1.82, 2.24) is 4.98 Å². The maximum Gasteiger partial charge on any atom is 0.328 e. The minimum Gasteiger partial charge on any atom is -0.478 e. The first-order valence-corrected chi connectivity index (χ1v) is 6.97. The van der Waals surface area contributed by atoms with Crippen LogP contribution in [-0.2, 0) is 14.8 Å². The second kappa shape index (κ2) is 4.77. The van der Waals surface area contributed by atoms with Gasteiger partial charge in [-0.3, -0.25) is 4.31 Å². The Morgan fingerprint density at radius 3 is 2.89 bits per heavy atom. The van der Waals surface area contributed by atoms with E-state index in [1.165, 1.54) is 16.6 Å². The quantitative estimate of drug-likeness (QED) is 0.816. The largest absolute Gasteiger partial charge is 0.478 e. The summed E-state index contributed by atoms with van der Waals surface area (Å²) in [5, 5.41) is 8.53. The van der Waals surface area contributed by atoms with Gasteiger partial charge in [-0.2, -0.15) is 0 Å². The van der Waals surface area contributed by atoms with Crippen molar-refractivity contribution in [2.45, 2.75) is 6.42 Å². The van der Waals surface area contributed by atoms with Crippen LogP contribution in [0.3, 0.4) is 0 Å². The van der Waals surface area contributed by atoms with E-state index in [0.29, 0.717) is 24.3 Å². The lowest BCUT2D eigenvalue weighted by molar-refractivity contribution is -0.131. The molecule has 0 atom stereocenters. The van der Waals surface area contributed by atoms with Crippen molar-refractivity contribution < 1.29 is 18.3 Å². The number of nitrogens with zero attached hydrogens (tertiary/aromatic N) is 2. The molecule has 2 heterocycles. The number of anilines is 1. The zero-order chi connectivity index (χ0) is 13.2. The molecule has 1 aliphatic rings. The first-order chi connectivity index (χ1) is 8.49. The Hall–Kier alpha value is -1.89. The van der Waals surface area contributed by atoms with Gasteiger partial charge in [-0.25, -0.2) is 18.2 Å². The molecular formula is C11H12N2O4S. The highest BCUT2D eigenvalue weighted by Gasteiger charge is 2.29. The molecule has 1 N–H and O–H groups in total. The van der Waals surface area contributed by atoms with Crippen molar-refractivity contribution in [1.29, 1.82) is 0 Å². The lowest BCUT2D eigenvalue weighted by Gasteiger charge is -2.15. The Balaban J connectivity index is 2.30. The molecule has 6 nitrogen and oxygen atoms in total. The highest BCUT2D eigenvalue weighted by atomic mass is 32.2. The molecule has 18 heavy (non-hydrogen) atoms. The summed E-state index contributed by atoms with van der Waals surface area (Å²) in [7, 11) is -3.26. The summed E-state index contributed by atoms with van der Waals surface area (Å²) < 4.78 is 24.7. The van der Waals surface area contributed by atoms with Gasteiger partial charge in [0.15, 0.2) is 0 Å². The molecule has 0 unspecified atom stereocenters. The Morgan fingerprint density at radius 2 is 2.28 bits per heavy atom. The maximum atomic E-state index is 11.7. The topological polar surface area (TPSA) is 87.6 Å². The van der Waals surface area contributed by atoms with Crippen molar-refractivity contribution in [3.8, 4) is 0 Å². The van der Waals surface area contributed by atoms with Gasteiger partial charge >= 0.3 is 5.97 Å². The van der Waals surface area contributed by atoms with E-state index in [2.05, 4.69) is 4.98 Å². The minimum absolute atomic E-state index is 0.129. The number of carboxylic acid groups (broad SMARTS) is 1. The van der Waals surface area contributed by atoms with Crippen LogP contribution in [-0.4, -0.2) is 36.8 Å². The number of pyridine rings is 1. The second-order valence-electron chi connectivity index (χ2n) is 3.86. The lowest BCUT2D eigenvalue weighted by atomic mass is 10.2. The van der Waals surface area contributed by atoms with Crippen molar-refractivity contribution >= 4 is 27.9 Å². The summed E-state index contributed by atoms with van der Waals surface area (Å²) in [6, 6.07) is 3.17. The lowest BCUT2D eigenvalue weighted by Crippen LogP contribution is -2.25. The number of aromatic nitrogens is 1. The third kappa shape index (κ3) is 2.67. The van der Waals surface area contributed by atoms with E-state index in [0.717, 1.165) is 6.08 Å². The Labute approximate surface area is 105 Å². The van der Waals surface area contributed by atoms with E-state index in [-0.39, 0.29) is 5.75 Å². The van der Waals surface area contributed by atoms with Crippen LogP contribution in [0, 0.1) is 0 Å². The van der Waals surface area contributed by atoms with Gasteiger partial charge in [0.1, 0.15) is 5.82 Å². The first kappa shape index (κ1) is 12.6. The SMILES string of the molecule is O=C(O)/C=C/c1ccnc(N2CCCS2(=O)=O)c1. The third-order valence-electron chi connectivity index (χ3n) is 2.54. The molecule has 1 fully saturated rings.